The van der Waals surface area contributed by atoms with E-state index in [0.29, 0.717) is 38.7 Å². The minimum atomic E-state index is -1.38. The van der Waals surface area contributed by atoms with Gasteiger partial charge < -0.3 is 20.1 Å². The Balaban J connectivity index is 1.54. The molecule has 166 valence electrons. The van der Waals surface area contributed by atoms with Crippen molar-refractivity contribution >= 4 is 23.5 Å². The van der Waals surface area contributed by atoms with Crippen molar-refractivity contribution in [3.63, 3.8) is 0 Å². The lowest BCUT2D eigenvalue weighted by atomic mass is 9.42. The molecule has 0 aromatic heterocycles. The molecule has 0 spiro atoms. The Kier molecular flexibility index (Phi) is 4.47. The predicted octanol–water partition coefficient (Wildman–Crippen LogP) is 3.03. The van der Waals surface area contributed by atoms with Crippen LogP contribution in [0.5, 0.6) is 0 Å². The number of carbonyl (C=O) groups excluding carboxylic acids is 1. The van der Waals surface area contributed by atoms with Gasteiger partial charge in [-0.3, -0.25) is 4.79 Å². The smallest absolute Gasteiger partial charge is 0.331 e. The summed E-state index contributed by atoms with van der Waals surface area (Å²) in [6.07, 6.45) is 5.92. The van der Waals surface area contributed by atoms with Crippen LogP contribution in [0.25, 0.3) is 0 Å². The van der Waals surface area contributed by atoms with Crippen molar-refractivity contribution in [2.75, 3.05) is 6.61 Å². The number of rotatable bonds is 2. The third-order valence-corrected chi connectivity index (χ3v) is 10.8. The molecule has 8 atom stereocenters. The summed E-state index contributed by atoms with van der Waals surface area (Å²) in [5.74, 6) is -1.28. The highest BCUT2D eigenvalue weighted by atomic mass is 35.5. The van der Waals surface area contributed by atoms with Crippen LogP contribution in [0.1, 0.15) is 64.7 Å². The number of cyclic esters (lactones) is 1. The van der Waals surface area contributed by atoms with Gasteiger partial charge in [0.1, 0.15) is 6.61 Å². The van der Waals surface area contributed by atoms with E-state index in [1.54, 1.807) is 6.08 Å². The number of aliphatic carboxylic acids is 1. The van der Waals surface area contributed by atoms with Gasteiger partial charge in [-0.15, -0.1) is 11.6 Å². The zero-order chi connectivity index (χ0) is 21.5. The molecule has 30 heavy (non-hydrogen) atoms. The van der Waals surface area contributed by atoms with Gasteiger partial charge in [-0.1, -0.05) is 6.92 Å². The van der Waals surface area contributed by atoms with E-state index in [0.717, 1.165) is 24.8 Å². The maximum atomic E-state index is 12.7. The van der Waals surface area contributed by atoms with Gasteiger partial charge in [-0.05, 0) is 80.1 Å². The number of fused-ring (bicyclic) bond motifs is 5. The van der Waals surface area contributed by atoms with Crippen molar-refractivity contribution in [3.8, 4) is 0 Å². The van der Waals surface area contributed by atoms with E-state index in [4.69, 9.17) is 16.3 Å². The molecule has 7 heteroatoms. The van der Waals surface area contributed by atoms with E-state index in [1.807, 2.05) is 0 Å². The molecule has 0 unspecified atom stereocenters. The topological polar surface area (TPSA) is 104 Å². The maximum Gasteiger partial charge on any atom is 0.331 e. The monoisotopic (exact) mass is 438 g/mol. The molecule has 4 fully saturated rings. The van der Waals surface area contributed by atoms with Crippen molar-refractivity contribution < 1.29 is 29.6 Å². The summed E-state index contributed by atoms with van der Waals surface area (Å²) in [6, 6.07) is 0. The SMILES string of the molecule is C[C@]12CC[C@@H]3[C@H](CC[C@]4(O)C[C@@H](O)CC[C@]34C(=O)O)[C@]1(Cl)CC[C@H]2C1=CC(=O)OC1. The van der Waals surface area contributed by atoms with Crippen LogP contribution in [-0.4, -0.2) is 50.4 Å². The van der Waals surface area contributed by atoms with E-state index in [2.05, 4.69) is 6.92 Å². The first-order valence-corrected chi connectivity index (χ1v) is 11.7. The highest BCUT2D eigenvalue weighted by Gasteiger charge is 2.73. The van der Waals surface area contributed by atoms with Crippen LogP contribution in [0.3, 0.4) is 0 Å². The van der Waals surface area contributed by atoms with Gasteiger partial charge in [-0.25, -0.2) is 4.79 Å². The highest BCUT2D eigenvalue weighted by Crippen LogP contribution is 2.72. The van der Waals surface area contributed by atoms with Gasteiger partial charge in [0.15, 0.2) is 0 Å². The van der Waals surface area contributed by atoms with Crippen molar-refractivity contribution in [3.05, 3.63) is 11.6 Å². The maximum absolute atomic E-state index is 12.7. The second-order valence-electron chi connectivity index (χ2n) is 10.7. The second-order valence-corrected chi connectivity index (χ2v) is 11.4. The number of aliphatic hydroxyl groups is 2. The quantitative estimate of drug-likeness (QED) is 0.452. The van der Waals surface area contributed by atoms with Gasteiger partial charge in [0, 0.05) is 12.5 Å². The number of halogens is 1. The average Bonchev–Trinajstić information content (AvgIpc) is 3.21. The molecule has 4 aliphatic carbocycles. The molecule has 0 radical (unpaired) electrons. The number of esters is 1. The third-order valence-electron chi connectivity index (χ3n) is 9.85. The molecule has 4 saturated carbocycles. The lowest BCUT2D eigenvalue weighted by Crippen LogP contribution is -2.69. The number of carboxylic acid groups (broad SMARTS) is 1. The Hall–Kier alpha value is -1.11. The Morgan fingerprint density at radius 1 is 1.13 bits per heavy atom. The van der Waals surface area contributed by atoms with E-state index < -0.39 is 28.0 Å². The van der Waals surface area contributed by atoms with Crippen LogP contribution in [0, 0.1) is 28.6 Å². The summed E-state index contributed by atoms with van der Waals surface area (Å²) in [5.41, 5.74) is -1.85. The van der Waals surface area contributed by atoms with E-state index in [1.165, 1.54) is 0 Å². The molecule has 3 N–H and O–H groups in total. The lowest BCUT2D eigenvalue weighted by Gasteiger charge is -2.65. The molecule has 1 heterocycles. The molecular formula is C23H31ClO6. The second kappa shape index (κ2) is 6.46. The van der Waals surface area contributed by atoms with Crippen LogP contribution >= 0.6 is 11.6 Å². The minimum absolute atomic E-state index is 0.00634. The van der Waals surface area contributed by atoms with Crippen molar-refractivity contribution in [1.29, 1.82) is 0 Å². The van der Waals surface area contributed by atoms with Crippen LogP contribution in [-0.2, 0) is 14.3 Å². The summed E-state index contributed by atoms with van der Waals surface area (Å²) in [5, 5.41) is 32.1. The van der Waals surface area contributed by atoms with E-state index >= 15 is 0 Å². The lowest BCUT2D eigenvalue weighted by molar-refractivity contribution is -0.232. The predicted molar refractivity (Wildman–Crippen MR) is 109 cm³/mol. The molecular weight excluding hydrogens is 408 g/mol. The van der Waals surface area contributed by atoms with Crippen molar-refractivity contribution in [1.82, 2.24) is 0 Å². The van der Waals surface area contributed by atoms with E-state index in [9.17, 15) is 24.9 Å². The summed E-state index contributed by atoms with van der Waals surface area (Å²) >= 11 is 7.49. The number of carbonyl (C=O) groups is 2. The zero-order valence-electron chi connectivity index (χ0n) is 17.4. The van der Waals surface area contributed by atoms with Gasteiger partial charge in [-0.2, -0.15) is 0 Å². The van der Waals surface area contributed by atoms with Crippen LogP contribution in [0.4, 0.5) is 0 Å². The van der Waals surface area contributed by atoms with Gasteiger partial charge in [0.25, 0.3) is 0 Å². The summed E-state index contributed by atoms with van der Waals surface area (Å²) in [4.78, 5) is 23.8. The largest absolute Gasteiger partial charge is 0.481 e. The number of hydrogen-bond acceptors (Lipinski definition) is 5. The first-order valence-electron chi connectivity index (χ1n) is 11.3. The number of hydrogen-bond donors (Lipinski definition) is 3. The Morgan fingerprint density at radius 2 is 1.87 bits per heavy atom. The van der Waals surface area contributed by atoms with Crippen LogP contribution < -0.4 is 0 Å². The molecule has 0 bridgehead atoms. The van der Waals surface area contributed by atoms with Crippen LogP contribution in [0.15, 0.2) is 11.6 Å². The molecule has 0 aromatic carbocycles. The number of aliphatic hydroxyl groups excluding tert-OH is 1. The summed E-state index contributed by atoms with van der Waals surface area (Å²) < 4.78 is 5.17. The summed E-state index contributed by atoms with van der Waals surface area (Å²) in [7, 11) is 0. The normalized spacial score (nSPS) is 52.7. The van der Waals surface area contributed by atoms with E-state index in [-0.39, 0.29) is 35.6 Å². The molecule has 0 saturated heterocycles. The molecule has 0 amide bonds. The first kappa shape index (κ1) is 20.8. The van der Waals surface area contributed by atoms with Crippen LogP contribution in [0.2, 0.25) is 0 Å². The fourth-order valence-electron chi connectivity index (χ4n) is 8.43. The van der Waals surface area contributed by atoms with Gasteiger partial charge in [0.05, 0.1) is 22.0 Å². The average molecular weight is 439 g/mol. The first-order chi connectivity index (χ1) is 14.1. The summed E-state index contributed by atoms with van der Waals surface area (Å²) in [6.45, 7) is 2.53. The molecule has 0 aromatic rings. The zero-order valence-corrected chi connectivity index (χ0v) is 18.2. The fourth-order valence-corrected chi connectivity index (χ4v) is 9.03. The van der Waals surface area contributed by atoms with Crippen molar-refractivity contribution in [2.24, 2.45) is 28.6 Å². The molecule has 6 nitrogen and oxygen atoms in total. The number of carboxylic acids is 1. The Morgan fingerprint density at radius 3 is 2.53 bits per heavy atom. The third kappa shape index (κ3) is 2.39. The molecule has 5 aliphatic rings. The number of ether oxygens (including phenoxy) is 1. The molecule has 1 aliphatic heterocycles. The fraction of sp³-hybridized carbons (Fsp3) is 0.826. The van der Waals surface area contributed by atoms with Crippen molar-refractivity contribution in [2.45, 2.75) is 81.3 Å². The standard InChI is InChI=1S/C23H31ClO6/c1-20-6-3-16-17(23(20,24)9-5-15(20)13-10-18(26)30-12-13)4-7-21(29)11-14(25)2-8-22(16,21)19(27)28/h10,14-17,25,29H,2-9,11-12H2,1H3,(H,27,28)/t14-,15-,16+,17-,20+,21-,22+,23+/m0/s1. The Labute approximate surface area is 181 Å². The molecule has 5 rings (SSSR count). The van der Waals surface area contributed by atoms with Gasteiger partial charge >= 0.3 is 11.9 Å². The minimum Gasteiger partial charge on any atom is -0.481 e. The number of alkyl halides is 1. The highest BCUT2D eigenvalue weighted by molar-refractivity contribution is 6.25. The Bertz CT molecular complexity index is 827. The van der Waals surface area contributed by atoms with Gasteiger partial charge in [0.2, 0.25) is 0 Å².